The Kier molecular flexibility index (Phi) is 4.94. The Morgan fingerprint density at radius 2 is 1.84 bits per heavy atom. The maximum Gasteiger partial charge on any atom is 0.257 e. The van der Waals surface area contributed by atoms with E-state index in [2.05, 4.69) is 32.3 Å². The quantitative estimate of drug-likeness (QED) is 0.685. The molecule has 1 aliphatic rings. The second kappa shape index (κ2) is 7.67. The van der Waals surface area contributed by atoms with Crippen molar-refractivity contribution in [1.29, 1.82) is 0 Å². The lowest BCUT2D eigenvalue weighted by atomic mass is 10.2. The van der Waals surface area contributed by atoms with E-state index in [1.54, 1.807) is 23.7 Å². The summed E-state index contributed by atoms with van der Waals surface area (Å²) >= 11 is 1.69. The zero-order valence-electron chi connectivity index (χ0n) is 13.9. The van der Waals surface area contributed by atoms with E-state index in [4.69, 9.17) is 9.47 Å². The Bertz CT molecular complexity index is 833. The first-order valence-corrected chi connectivity index (χ1v) is 9.28. The highest BCUT2D eigenvalue weighted by Gasteiger charge is 2.17. The molecular weight excluding hydrogens is 336 g/mol. The van der Waals surface area contributed by atoms with E-state index in [9.17, 15) is 0 Å². The number of ether oxygens (including phenoxy) is 2. The van der Waals surface area contributed by atoms with Gasteiger partial charge in [0.05, 0.1) is 0 Å². The number of hydrogen-bond acceptors (Lipinski definition) is 7. The van der Waals surface area contributed by atoms with Gasteiger partial charge in [-0.1, -0.05) is 12.1 Å². The molecule has 1 fully saturated rings. The number of fused-ring (bicyclic) bond motifs is 1. The minimum absolute atomic E-state index is 0.432. The molecule has 0 radical (unpaired) electrons. The summed E-state index contributed by atoms with van der Waals surface area (Å²) in [6.07, 6.45) is 3.37. The molecule has 0 bridgehead atoms. The van der Waals surface area contributed by atoms with Gasteiger partial charge in [0.15, 0.2) is 5.82 Å². The largest absolute Gasteiger partial charge is 0.489 e. The standard InChI is InChI=1S/C18H20N4O2S/c1-2-4-16-14(3-1)15(13-25-16)23-11-12-24-18-17(20-5-6-21-18)22-9-7-19-8-10-22/h1-6,13,19H,7-12H2. The number of hydrogen-bond donors (Lipinski definition) is 1. The van der Waals surface area contributed by atoms with Gasteiger partial charge in [-0.2, -0.15) is 0 Å². The van der Waals surface area contributed by atoms with Crippen LogP contribution in [-0.4, -0.2) is 49.4 Å². The highest BCUT2D eigenvalue weighted by Crippen LogP contribution is 2.31. The average molecular weight is 356 g/mol. The third-order valence-corrected chi connectivity index (χ3v) is 5.03. The first-order chi connectivity index (χ1) is 12.4. The van der Waals surface area contributed by atoms with Crippen molar-refractivity contribution in [1.82, 2.24) is 15.3 Å². The second-order valence-electron chi connectivity index (χ2n) is 5.72. The smallest absolute Gasteiger partial charge is 0.257 e. The SMILES string of the molecule is c1ccc2c(OCCOc3nccnc3N3CCNCC3)csc2c1. The van der Waals surface area contributed by atoms with Gasteiger partial charge < -0.3 is 19.7 Å². The lowest BCUT2D eigenvalue weighted by Crippen LogP contribution is -2.44. The molecule has 3 aromatic rings. The number of piperazine rings is 1. The van der Waals surface area contributed by atoms with Gasteiger partial charge >= 0.3 is 0 Å². The normalized spacial score (nSPS) is 14.6. The predicted octanol–water partition coefficient (Wildman–Crippen LogP) is 2.56. The zero-order valence-corrected chi connectivity index (χ0v) is 14.7. The molecule has 1 N–H and O–H groups in total. The fraction of sp³-hybridized carbons (Fsp3) is 0.333. The van der Waals surface area contributed by atoms with Gasteiger partial charge in [-0.3, -0.25) is 0 Å². The van der Waals surface area contributed by atoms with E-state index in [1.165, 1.54) is 4.70 Å². The Morgan fingerprint density at radius 3 is 2.76 bits per heavy atom. The van der Waals surface area contributed by atoms with E-state index in [1.807, 2.05) is 17.5 Å². The summed E-state index contributed by atoms with van der Waals surface area (Å²) in [5, 5.41) is 6.52. The molecule has 6 nitrogen and oxygen atoms in total. The average Bonchev–Trinajstić information content (AvgIpc) is 3.09. The minimum Gasteiger partial charge on any atom is -0.489 e. The Balaban J connectivity index is 1.36. The molecule has 0 amide bonds. The topological polar surface area (TPSA) is 59.5 Å². The number of benzene rings is 1. The van der Waals surface area contributed by atoms with Gasteiger partial charge in [0, 0.05) is 54.0 Å². The summed E-state index contributed by atoms with van der Waals surface area (Å²) < 4.78 is 13.0. The molecule has 25 heavy (non-hydrogen) atoms. The van der Waals surface area contributed by atoms with E-state index < -0.39 is 0 Å². The van der Waals surface area contributed by atoms with Crippen molar-refractivity contribution >= 4 is 27.2 Å². The molecule has 7 heteroatoms. The first kappa shape index (κ1) is 16.1. The molecule has 3 heterocycles. The number of anilines is 1. The summed E-state index contributed by atoms with van der Waals surface area (Å²) in [4.78, 5) is 11.0. The van der Waals surface area contributed by atoms with Gasteiger partial charge in [-0.15, -0.1) is 11.3 Å². The molecule has 1 aromatic carbocycles. The molecular formula is C18H20N4O2S. The Labute approximate surface area is 150 Å². The van der Waals surface area contributed by atoms with Crippen LogP contribution in [0.15, 0.2) is 42.0 Å². The molecule has 0 saturated carbocycles. The third-order valence-electron chi connectivity index (χ3n) is 4.09. The molecule has 0 aliphatic carbocycles. The molecule has 0 spiro atoms. The van der Waals surface area contributed by atoms with Crippen molar-refractivity contribution < 1.29 is 9.47 Å². The van der Waals surface area contributed by atoms with Crippen LogP contribution in [0.25, 0.3) is 10.1 Å². The van der Waals surface area contributed by atoms with Crippen LogP contribution >= 0.6 is 11.3 Å². The van der Waals surface area contributed by atoms with Gasteiger partial charge in [-0.05, 0) is 12.1 Å². The second-order valence-corrected chi connectivity index (χ2v) is 6.63. The third kappa shape index (κ3) is 3.67. The molecule has 2 aromatic heterocycles. The van der Waals surface area contributed by atoms with Gasteiger partial charge in [0.1, 0.15) is 19.0 Å². The molecule has 1 aliphatic heterocycles. The van der Waals surface area contributed by atoms with E-state index >= 15 is 0 Å². The highest BCUT2D eigenvalue weighted by molar-refractivity contribution is 7.17. The van der Waals surface area contributed by atoms with Crippen LogP contribution in [0.1, 0.15) is 0 Å². The maximum absolute atomic E-state index is 5.88. The lowest BCUT2D eigenvalue weighted by molar-refractivity contribution is 0.213. The molecule has 4 rings (SSSR count). The minimum atomic E-state index is 0.432. The molecule has 0 atom stereocenters. The monoisotopic (exact) mass is 356 g/mol. The first-order valence-electron chi connectivity index (χ1n) is 8.40. The van der Waals surface area contributed by atoms with Crippen LogP contribution in [0.5, 0.6) is 11.6 Å². The summed E-state index contributed by atoms with van der Waals surface area (Å²) in [6, 6.07) is 8.24. The summed E-state index contributed by atoms with van der Waals surface area (Å²) in [7, 11) is 0. The summed E-state index contributed by atoms with van der Waals surface area (Å²) in [6.45, 7) is 4.62. The van der Waals surface area contributed by atoms with Crippen molar-refractivity contribution in [3.05, 3.63) is 42.0 Å². The van der Waals surface area contributed by atoms with Crippen molar-refractivity contribution in [2.45, 2.75) is 0 Å². The van der Waals surface area contributed by atoms with Crippen molar-refractivity contribution in [2.75, 3.05) is 44.3 Å². The number of nitrogens with zero attached hydrogens (tertiary/aromatic N) is 3. The summed E-state index contributed by atoms with van der Waals surface area (Å²) in [5.74, 6) is 2.29. The zero-order chi connectivity index (χ0) is 16.9. The highest BCUT2D eigenvalue weighted by atomic mass is 32.1. The van der Waals surface area contributed by atoms with Crippen LogP contribution < -0.4 is 19.7 Å². The van der Waals surface area contributed by atoms with E-state index in [0.717, 1.165) is 43.1 Å². The van der Waals surface area contributed by atoms with Crippen molar-refractivity contribution in [2.24, 2.45) is 0 Å². The van der Waals surface area contributed by atoms with E-state index in [-0.39, 0.29) is 0 Å². The molecule has 1 saturated heterocycles. The maximum atomic E-state index is 5.88. The van der Waals surface area contributed by atoms with Crippen LogP contribution in [0.4, 0.5) is 5.82 Å². The van der Waals surface area contributed by atoms with Crippen LogP contribution in [-0.2, 0) is 0 Å². The Hall–Kier alpha value is -2.38. The van der Waals surface area contributed by atoms with Crippen LogP contribution in [0.2, 0.25) is 0 Å². The fourth-order valence-corrected chi connectivity index (χ4v) is 3.75. The van der Waals surface area contributed by atoms with E-state index in [0.29, 0.717) is 19.1 Å². The number of nitrogens with one attached hydrogen (secondary N) is 1. The Morgan fingerprint density at radius 1 is 1.04 bits per heavy atom. The predicted molar refractivity (Wildman–Crippen MR) is 99.9 cm³/mol. The molecule has 130 valence electrons. The summed E-state index contributed by atoms with van der Waals surface area (Å²) in [5.41, 5.74) is 0. The number of aromatic nitrogens is 2. The van der Waals surface area contributed by atoms with Gasteiger partial charge in [0.25, 0.3) is 5.88 Å². The molecule has 0 unspecified atom stereocenters. The number of rotatable bonds is 6. The lowest BCUT2D eigenvalue weighted by Gasteiger charge is -2.28. The van der Waals surface area contributed by atoms with Gasteiger partial charge in [-0.25, -0.2) is 9.97 Å². The fourth-order valence-electron chi connectivity index (χ4n) is 2.87. The van der Waals surface area contributed by atoms with Gasteiger partial charge in [0.2, 0.25) is 0 Å². The van der Waals surface area contributed by atoms with Crippen LogP contribution in [0.3, 0.4) is 0 Å². The van der Waals surface area contributed by atoms with Crippen molar-refractivity contribution in [3.8, 4) is 11.6 Å². The number of thiophene rings is 1. The van der Waals surface area contributed by atoms with Crippen molar-refractivity contribution in [3.63, 3.8) is 0 Å². The van der Waals surface area contributed by atoms with Crippen LogP contribution in [0, 0.1) is 0 Å².